The predicted molar refractivity (Wildman–Crippen MR) is 80.3 cm³/mol. The van der Waals surface area contributed by atoms with Crippen LogP contribution in [0.15, 0.2) is 36.5 Å². The number of carboxylic acid groups (broad SMARTS) is 1. The minimum absolute atomic E-state index is 0.0975. The van der Waals surface area contributed by atoms with Crippen LogP contribution in [0.1, 0.15) is 23.0 Å². The van der Waals surface area contributed by atoms with Crippen LogP contribution in [0.4, 0.5) is 0 Å². The van der Waals surface area contributed by atoms with Crippen molar-refractivity contribution in [1.82, 2.24) is 14.8 Å². The van der Waals surface area contributed by atoms with Gasteiger partial charge in [-0.3, -0.25) is 0 Å². The highest BCUT2D eigenvalue weighted by molar-refractivity contribution is 5.90. The van der Waals surface area contributed by atoms with E-state index in [1.807, 2.05) is 35.9 Å². The van der Waals surface area contributed by atoms with E-state index in [0.717, 1.165) is 23.0 Å². The van der Waals surface area contributed by atoms with Crippen molar-refractivity contribution >= 4 is 16.9 Å². The maximum atomic E-state index is 10.8. The number of carboxylic acids is 1. The van der Waals surface area contributed by atoms with E-state index < -0.39 is 5.97 Å². The minimum Gasteiger partial charge on any atom is -0.476 e. The third kappa shape index (κ3) is 2.19. The molecule has 3 aromatic rings. The molecule has 0 saturated heterocycles. The number of carbonyl (C=O) groups is 1. The van der Waals surface area contributed by atoms with E-state index in [1.54, 1.807) is 6.07 Å². The molecule has 6 heteroatoms. The maximum Gasteiger partial charge on any atom is 0.356 e. The lowest BCUT2D eigenvalue weighted by Gasteiger charge is -2.03. The van der Waals surface area contributed by atoms with Crippen molar-refractivity contribution in [2.75, 3.05) is 0 Å². The summed E-state index contributed by atoms with van der Waals surface area (Å²) < 4.78 is 2.01. The molecule has 0 radical (unpaired) electrons. The topological polar surface area (TPSA) is 91.8 Å². The fourth-order valence-electron chi connectivity index (χ4n) is 2.41. The third-order valence-electron chi connectivity index (χ3n) is 3.52. The summed E-state index contributed by atoms with van der Waals surface area (Å²) in [4.78, 5) is 10.8. The van der Waals surface area contributed by atoms with Crippen LogP contribution in [0.3, 0.4) is 0 Å². The second-order valence-corrected chi connectivity index (χ2v) is 4.78. The molecular weight excluding hydrogens is 280 g/mol. The molecule has 0 aliphatic carbocycles. The molecule has 6 nitrogen and oxygen atoms in total. The number of aromatic carboxylic acids is 1. The van der Waals surface area contributed by atoms with Gasteiger partial charge in [0, 0.05) is 29.2 Å². The average molecular weight is 292 g/mol. The summed E-state index contributed by atoms with van der Waals surface area (Å²) in [7, 11) is 0. The van der Waals surface area contributed by atoms with Crippen molar-refractivity contribution < 1.29 is 9.90 Å². The molecule has 0 saturated carbocycles. The van der Waals surface area contributed by atoms with Gasteiger partial charge in [0.15, 0.2) is 5.69 Å². The van der Waals surface area contributed by atoms with E-state index in [2.05, 4.69) is 16.3 Å². The zero-order valence-corrected chi connectivity index (χ0v) is 11.8. The van der Waals surface area contributed by atoms with Gasteiger partial charge in [-0.05, 0) is 31.2 Å². The van der Waals surface area contributed by atoms with Gasteiger partial charge < -0.3 is 9.67 Å². The molecule has 0 spiro atoms. The molecule has 0 aliphatic heterocycles. The Morgan fingerprint density at radius 2 is 2.14 bits per heavy atom. The van der Waals surface area contributed by atoms with E-state index in [0.29, 0.717) is 11.3 Å². The Morgan fingerprint density at radius 3 is 2.73 bits per heavy atom. The second-order valence-electron chi connectivity index (χ2n) is 4.78. The minimum atomic E-state index is -1.11. The molecule has 22 heavy (non-hydrogen) atoms. The van der Waals surface area contributed by atoms with Crippen molar-refractivity contribution in [3.8, 4) is 17.3 Å². The number of hydrogen-bond donors (Lipinski definition) is 1. The van der Waals surface area contributed by atoms with Crippen LogP contribution in [0.2, 0.25) is 0 Å². The number of rotatable bonds is 3. The predicted octanol–water partition coefficient (Wildman–Crippen LogP) is 2.69. The molecule has 0 amide bonds. The Bertz CT molecular complexity index is 904. The summed E-state index contributed by atoms with van der Waals surface area (Å²) >= 11 is 0. The number of nitriles is 1. The molecule has 0 atom stereocenters. The van der Waals surface area contributed by atoms with Crippen molar-refractivity contribution in [2.24, 2.45) is 0 Å². The Labute approximate surface area is 126 Å². The Hall–Kier alpha value is -3.20. The number of nitrogens with zero attached hydrogens (tertiary/aromatic N) is 4. The molecule has 2 heterocycles. The first kappa shape index (κ1) is 13.8. The highest BCUT2D eigenvalue weighted by Gasteiger charge is 2.11. The summed E-state index contributed by atoms with van der Waals surface area (Å²) in [5.74, 6) is -1.11. The number of benzene rings is 1. The number of aryl methyl sites for hydroxylation is 1. The van der Waals surface area contributed by atoms with E-state index in [9.17, 15) is 10.1 Å². The molecule has 0 fully saturated rings. The smallest absolute Gasteiger partial charge is 0.356 e. The van der Waals surface area contributed by atoms with Gasteiger partial charge in [-0.25, -0.2) is 4.79 Å². The number of hydrogen-bond acceptors (Lipinski definition) is 4. The van der Waals surface area contributed by atoms with E-state index in [1.165, 1.54) is 6.07 Å². The van der Waals surface area contributed by atoms with Crippen molar-refractivity contribution in [3.05, 3.63) is 47.8 Å². The van der Waals surface area contributed by atoms with Crippen LogP contribution in [-0.4, -0.2) is 25.8 Å². The van der Waals surface area contributed by atoms with Gasteiger partial charge in [0.05, 0.1) is 11.3 Å². The lowest BCUT2D eigenvalue weighted by Crippen LogP contribution is -2.01. The Balaban J connectivity index is 2.12. The van der Waals surface area contributed by atoms with Gasteiger partial charge in [-0.15, -0.1) is 10.2 Å². The Morgan fingerprint density at radius 1 is 1.32 bits per heavy atom. The zero-order chi connectivity index (χ0) is 15.7. The maximum absolute atomic E-state index is 10.8. The lowest BCUT2D eigenvalue weighted by molar-refractivity contribution is 0.0689. The molecule has 1 N–H and O–H groups in total. The SMILES string of the molecule is CCn1cc(C#N)c2cc(-c3ccc(C(=O)O)nn3)ccc21. The summed E-state index contributed by atoms with van der Waals surface area (Å²) in [6, 6.07) is 10.9. The summed E-state index contributed by atoms with van der Waals surface area (Å²) in [6.07, 6.45) is 1.83. The molecule has 1 aromatic carbocycles. The van der Waals surface area contributed by atoms with E-state index >= 15 is 0 Å². The monoisotopic (exact) mass is 292 g/mol. The largest absolute Gasteiger partial charge is 0.476 e. The average Bonchev–Trinajstić information content (AvgIpc) is 2.92. The zero-order valence-electron chi connectivity index (χ0n) is 11.8. The number of aromatic nitrogens is 3. The quantitative estimate of drug-likeness (QED) is 0.801. The van der Waals surface area contributed by atoms with Crippen LogP contribution in [0.5, 0.6) is 0 Å². The fraction of sp³-hybridized carbons (Fsp3) is 0.125. The van der Waals surface area contributed by atoms with Crippen LogP contribution in [-0.2, 0) is 6.54 Å². The van der Waals surface area contributed by atoms with Gasteiger partial charge in [-0.1, -0.05) is 6.07 Å². The Kier molecular flexibility index (Phi) is 3.31. The van der Waals surface area contributed by atoms with Crippen LogP contribution in [0, 0.1) is 11.3 Å². The first-order valence-electron chi connectivity index (χ1n) is 6.74. The van der Waals surface area contributed by atoms with Gasteiger partial charge in [0.2, 0.25) is 0 Å². The fourth-order valence-corrected chi connectivity index (χ4v) is 2.41. The molecule has 108 valence electrons. The van der Waals surface area contributed by atoms with E-state index in [-0.39, 0.29) is 5.69 Å². The molecule has 0 unspecified atom stereocenters. The van der Waals surface area contributed by atoms with Crippen molar-refractivity contribution in [2.45, 2.75) is 13.5 Å². The van der Waals surface area contributed by atoms with Gasteiger partial charge in [0.1, 0.15) is 6.07 Å². The first-order valence-corrected chi connectivity index (χ1v) is 6.74. The molecule has 0 bridgehead atoms. The number of fused-ring (bicyclic) bond motifs is 1. The summed E-state index contributed by atoms with van der Waals surface area (Å²) in [6.45, 7) is 2.80. The summed E-state index contributed by atoms with van der Waals surface area (Å²) in [5, 5.41) is 26.6. The molecular formula is C16H12N4O2. The van der Waals surface area contributed by atoms with E-state index in [4.69, 9.17) is 5.11 Å². The third-order valence-corrected chi connectivity index (χ3v) is 3.52. The van der Waals surface area contributed by atoms with Crippen LogP contribution in [0.25, 0.3) is 22.2 Å². The van der Waals surface area contributed by atoms with Crippen LogP contribution >= 0.6 is 0 Å². The standard InChI is InChI=1S/C16H12N4O2/c1-2-20-9-11(8-17)12-7-10(3-6-15(12)20)13-4-5-14(16(21)22)19-18-13/h3-7,9H,2H2,1H3,(H,21,22). The molecule has 0 aliphatic rings. The normalized spacial score (nSPS) is 10.5. The van der Waals surface area contributed by atoms with Gasteiger partial charge >= 0.3 is 5.97 Å². The van der Waals surface area contributed by atoms with Gasteiger partial charge in [0.25, 0.3) is 0 Å². The van der Waals surface area contributed by atoms with Crippen molar-refractivity contribution in [3.63, 3.8) is 0 Å². The van der Waals surface area contributed by atoms with Crippen LogP contribution < -0.4 is 0 Å². The molecule has 2 aromatic heterocycles. The van der Waals surface area contributed by atoms with Gasteiger partial charge in [-0.2, -0.15) is 5.26 Å². The van der Waals surface area contributed by atoms with Crippen molar-refractivity contribution in [1.29, 1.82) is 5.26 Å². The lowest BCUT2D eigenvalue weighted by atomic mass is 10.1. The summed E-state index contributed by atoms with van der Waals surface area (Å²) in [5.41, 5.74) is 2.86. The second kappa shape index (κ2) is 5.30. The highest BCUT2D eigenvalue weighted by atomic mass is 16.4. The highest BCUT2D eigenvalue weighted by Crippen LogP contribution is 2.26. The molecule has 3 rings (SSSR count). The first-order chi connectivity index (χ1) is 10.6.